The van der Waals surface area contributed by atoms with Gasteiger partial charge in [0.05, 0.1) is 6.10 Å². The average molecular weight is 462 g/mol. The Balaban J connectivity index is 1.58. The van der Waals surface area contributed by atoms with Gasteiger partial charge in [-0.2, -0.15) is 0 Å². The first-order valence-electron chi connectivity index (χ1n) is 10.7. The van der Waals surface area contributed by atoms with Crippen molar-refractivity contribution in [1.29, 1.82) is 0 Å². The maximum Gasteiger partial charge on any atom is 0.257 e. The number of aryl methyl sites for hydroxylation is 1. The van der Waals surface area contributed by atoms with Gasteiger partial charge in [-0.25, -0.2) is 0 Å². The van der Waals surface area contributed by atoms with Crippen molar-refractivity contribution in [2.75, 3.05) is 10.6 Å². The van der Waals surface area contributed by atoms with Crippen molar-refractivity contribution in [3.05, 3.63) is 89.5 Å². The van der Waals surface area contributed by atoms with Crippen LogP contribution in [-0.2, 0) is 0 Å². The van der Waals surface area contributed by atoms with Crippen LogP contribution in [-0.4, -0.2) is 23.0 Å². The average Bonchev–Trinajstić information content (AvgIpc) is 2.79. The first kappa shape index (κ1) is 23.9. The molecule has 2 amide bonds. The van der Waals surface area contributed by atoms with E-state index in [2.05, 4.69) is 16.0 Å². The Morgan fingerprint density at radius 3 is 2.21 bits per heavy atom. The summed E-state index contributed by atoms with van der Waals surface area (Å²) >= 11 is 5.27. The zero-order chi connectivity index (χ0) is 23.8. The zero-order valence-corrected chi connectivity index (χ0v) is 19.7. The van der Waals surface area contributed by atoms with Gasteiger partial charge in [0, 0.05) is 22.5 Å². The molecule has 0 radical (unpaired) electrons. The van der Waals surface area contributed by atoms with Crippen LogP contribution in [0.5, 0.6) is 5.75 Å². The van der Waals surface area contributed by atoms with E-state index in [0.29, 0.717) is 22.6 Å². The number of rotatable bonds is 7. The Hall–Kier alpha value is -3.71. The Kier molecular flexibility index (Phi) is 8.16. The molecule has 170 valence electrons. The smallest absolute Gasteiger partial charge is 0.257 e. The van der Waals surface area contributed by atoms with E-state index >= 15 is 0 Å². The van der Waals surface area contributed by atoms with Gasteiger partial charge in [0.2, 0.25) is 0 Å². The summed E-state index contributed by atoms with van der Waals surface area (Å²) < 4.78 is 5.73. The van der Waals surface area contributed by atoms with Gasteiger partial charge in [-0.15, -0.1) is 0 Å². The Bertz CT molecular complexity index is 1150. The third-order valence-electron chi connectivity index (χ3n) is 4.91. The lowest BCUT2D eigenvalue weighted by molar-refractivity contribution is 0.0976. The monoisotopic (exact) mass is 461 g/mol. The van der Waals surface area contributed by atoms with Gasteiger partial charge in [0.15, 0.2) is 5.11 Å². The summed E-state index contributed by atoms with van der Waals surface area (Å²) in [6.07, 6.45) is 1.01. The van der Waals surface area contributed by atoms with Crippen molar-refractivity contribution >= 4 is 40.5 Å². The summed E-state index contributed by atoms with van der Waals surface area (Å²) in [5.41, 5.74) is 3.30. The number of anilines is 2. The highest BCUT2D eigenvalue weighted by Gasteiger charge is 2.11. The van der Waals surface area contributed by atoms with E-state index in [4.69, 9.17) is 17.0 Å². The summed E-state index contributed by atoms with van der Waals surface area (Å²) in [6.45, 7) is 6.00. The largest absolute Gasteiger partial charge is 0.491 e. The van der Waals surface area contributed by atoms with Crippen LogP contribution < -0.4 is 20.7 Å². The molecule has 0 spiro atoms. The Morgan fingerprint density at radius 1 is 0.879 bits per heavy atom. The fourth-order valence-electron chi connectivity index (χ4n) is 3.00. The molecule has 3 rings (SSSR count). The van der Waals surface area contributed by atoms with Crippen molar-refractivity contribution in [2.45, 2.75) is 33.3 Å². The summed E-state index contributed by atoms with van der Waals surface area (Å²) in [7, 11) is 0. The second-order valence-corrected chi connectivity index (χ2v) is 8.08. The highest BCUT2D eigenvalue weighted by molar-refractivity contribution is 7.80. The van der Waals surface area contributed by atoms with Gasteiger partial charge in [0.25, 0.3) is 11.8 Å². The molecule has 6 nitrogen and oxygen atoms in total. The minimum Gasteiger partial charge on any atom is -0.491 e. The number of carbonyl (C=O) groups excluding carboxylic acids is 2. The first-order valence-corrected chi connectivity index (χ1v) is 11.1. The van der Waals surface area contributed by atoms with Gasteiger partial charge < -0.3 is 15.4 Å². The molecule has 7 heteroatoms. The number of hydrogen-bond acceptors (Lipinski definition) is 4. The van der Waals surface area contributed by atoms with Gasteiger partial charge >= 0.3 is 0 Å². The van der Waals surface area contributed by atoms with Gasteiger partial charge in [-0.3, -0.25) is 14.9 Å². The van der Waals surface area contributed by atoms with E-state index in [9.17, 15) is 9.59 Å². The van der Waals surface area contributed by atoms with E-state index in [1.54, 1.807) is 48.5 Å². The quantitative estimate of drug-likeness (QED) is 0.402. The zero-order valence-electron chi connectivity index (χ0n) is 18.8. The molecule has 3 N–H and O–H groups in total. The predicted octanol–water partition coefficient (Wildman–Crippen LogP) is 5.55. The lowest BCUT2D eigenvalue weighted by Crippen LogP contribution is -2.34. The maximum atomic E-state index is 12.6. The summed E-state index contributed by atoms with van der Waals surface area (Å²) in [5.74, 6) is 0.136. The number of benzene rings is 3. The maximum absolute atomic E-state index is 12.6. The molecule has 0 aromatic heterocycles. The molecule has 1 atom stereocenters. The van der Waals surface area contributed by atoms with Crippen LogP contribution in [0.2, 0.25) is 0 Å². The predicted molar refractivity (Wildman–Crippen MR) is 136 cm³/mol. The Morgan fingerprint density at radius 2 is 1.55 bits per heavy atom. The van der Waals surface area contributed by atoms with Crippen LogP contribution in [0.4, 0.5) is 11.4 Å². The van der Waals surface area contributed by atoms with Crippen molar-refractivity contribution in [3.8, 4) is 5.75 Å². The van der Waals surface area contributed by atoms with Crippen LogP contribution in [0, 0.1) is 6.92 Å². The highest BCUT2D eigenvalue weighted by Crippen LogP contribution is 2.16. The number of ether oxygens (including phenoxy) is 1. The molecule has 1 unspecified atom stereocenters. The summed E-state index contributed by atoms with van der Waals surface area (Å²) in [4.78, 5) is 25.1. The van der Waals surface area contributed by atoms with E-state index in [1.807, 2.05) is 45.0 Å². The third kappa shape index (κ3) is 7.15. The van der Waals surface area contributed by atoms with E-state index < -0.39 is 0 Å². The number of carbonyl (C=O) groups is 2. The van der Waals surface area contributed by atoms with Crippen LogP contribution >= 0.6 is 12.2 Å². The molecule has 0 fully saturated rings. The van der Waals surface area contributed by atoms with Crippen molar-refractivity contribution in [3.63, 3.8) is 0 Å². The second kappa shape index (κ2) is 11.2. The summed E-state index contributed by atoms with van der Waals surface area (Å²) in [5, 5.41) is 8.61. The fourth-order valence-corrected chi connectivity index (χ4v) is 3.21. The van der Waals surface area contributed by atoms with Crippen LogP contribution in [0.3, 0.4) is 0 Å². The molecule has 3 aromatic carbocycles. The number of thiocarbonyl (C=S) groups is 1. The highest BCUT2D eigenvalue weighted by atomic mass is 32.1. The van der Waals surface area contributed by atoms with Crippen LogP contribution in [0.1, 0.15) is 46.5 Å². The van der Waals surface area contributed by atoms with Crippen molar-refractivity contribution < 1.29 is 14.3 Å². The molecule has 0 aliphatic carbocycles. The molecular formula is C26H27N3O3S. The van der Waals surface area contributed by atoms with E-state index in [0.717, 1.165) is 17.7 Å². The SMILES string of the molecule is CCC(C)Oc1ccc(C(=O)NC(=S)Nc2cccc(C(=O)Nc3cccc(C)c3)c2)cc1. The number of amides is 2. The lowest BCUT2D eigenvalue weighted by atomic mass is 10.1. The minimum absolute atomic E-state index is 0.108. The van der Waals surface area contributed by atoms with Crippen LogP contribution in [0.25, 0.3) is 0 Å². The van der Waals surface area contributed by atoms with Gasteiger partial charge in [0.1, 0.15) is 5.75 Å². The molecule has 0 heterocycles. The fraction of sp³-hybridized carbons (Fsp3) is 0.192. The van der Waals surface area contributed by atoms with Crippen molar-refractivity contribution in [1.82, 2.24) is 5.32 Å². The molecule has 0 bridgehead atoms. The first-order chi connectivity index (χ1) is 15.8. The Labute approximate surface area is 199 Å². The topological polar surface area (TPSA) is 79.5 Å². The van der Waals surface area contributed by atoms with E-state index in [1.165, 1.54) is 0 Å². The standard InChI is InChI=1S/C26H27N3O3S/c1-4-18(3)32-23-13-11-19(12-14-23)24(30)29-26(33)28-22-10-6-8-20(16-22)25(31)27-21-9-5-7-17(2)15-21/h5-16,18H,4H2,1-3H3,(H,27,31)(H2,28,29,30,33). The molecule has 33 heavy (non-hydrogen) atoms. The number of hydrogen-bond donors (Lipinski definition) is 3. The minimum atomic E-state index is -0.337. The van der Waals surface area contributed by atoms with E-state index in [-0.39, 0.29) is 23.0 Å². The van der Waals surface area contributed by atoms with Crippen LogP contribution in [0.15, 0.2) is 72.8 Å². The normalized spacial score (nSPS) is 11.2. The lowest BCUT2D eigenvalue weighted by Gasteiger charge is -2.13. The van der Waals surface area contributed by atoms with Crippen molar-refractivity contribution in [2.24, 2.45) is 0 Å². The second-order valence-electron chi connectivity index (χ2n) is 7.67. The molecule has 0 aliphatic heterocycles. The third-order valence-corrected chi connectivity index (χ3v) is 5.12. The molecule has 0 saturated carbocycles. The van der Waals surface area contributed by atoms with Gasteiger partial charge in [-0.05, 0) is 92.6 Å². The summed E-state index contributed by atoms with van der Waals surface area (Å²) in [6, 6.07) is 21.4. The molecule has 0 saturated heterocycles. The van der Waals surface area contributed by atoms with Gasteiger partial charge in [-0.1, -0.05) is 25.1 Å². The molecule has 3 aromatic rings. The molecule has 0 aliphatic rings. The number of nitrogens with one attached hydrogen (secondary N) is 3. The molecular weight excluding hydrogens is 434 g/mol.